The summed E-state index contributed by atoms with van der Waals surface area (Å²) in [5.74, 6) is -0.657. The molecule has 36 heavy (non-hydrogen) atoms. The average Bonchev–Trinajstić information content (AvgIpc) is 3.11. The van der Waals surface area contributed by atoms with Gasteiger partial charge in [-0.1, -0.05) is 12.1 Å². The highest BCUT2D eigenvalue weighted by Gasteiger charge is 2.38. The van der Waals surface area contributed by atoms with Crippen molar-refractivity contribution in [3.8, 4) is 0 Å². The molecule has 3 rings (SSSR count). The second kappa shape index (κ2) is 10.8. The summed E-state index contributed by atoms with van der Waals surface area (Å²) in [4.78, 5) is 30.9. The fourth-order valence-electron chi connectivity index (χ4n) is 3.84. The van der Waals surface area contributed by atoms with Gasteiger partial charge in [-0.25, -0.2) is 4.99 Å². The number of carbonyl (C=O) groups is 2. The number of aliphatic hydroxyl groups excluding tert-OH is 1. The first kappa shape index (κ1) is 28.0. The minimum atomic E-state index is -4.92. The lowest BCUT2D eigenvalue weighted by Gasteiger charge is -2.31. The van der Waals surface area contributed by atoms with Gasteiger partial charge in [0.1, 0.15) is 5.84 Å². The number of aliphatic imine (C=N–C) groups is 1. The number of thioether (sulfide) groups is 1. The van der Waals surface area contributed by atoms with Crippen molar-refractivity contribution in [3.05, 3.63) is 45.9 Å². The Bertz CT molecular complexity index is 1060. The van der Waals surface area contributed by atoms with E-state index < -0.39 is 40.9 Å². The van der Waals surface area contributed by atoms with Gasteiger partial charge in [0.15, 0.2) is 0 Å². The molecule has 0 aliphatic carbocycles. The van der Waals surface area contributed by atoms with Crippen molar-refractivity contribution in [2.75, 3.05) is 27.2 Å². The molecular formula is C22H24F6N4O3S. The molecule has 2 saturated heterocycles. The Hall–Kier alpha value is -2.58. The summed E-state index contributed by atoms with van der Waals surface area (Å²) < 4.78 is 79.0. The third-order valence-electron chi connectivity index (χ3n) is 5.73. The first-order valence-electron chi connectivity index (χ1n) is 10.8. The van der Waals surface area contributed by atoms with Crippen LogP contribution in [0.3, 0.4) is 0 Å². The number of aliphatic hydroxyl groups is 1. The summed E-state index contributed by atoms with van der Waals surface area (Å²) in [6.45, 7) is 0.608. The summed E-state index contributed by atoms with van der Waals surface area (Å²) in [5, 5.41) is 12.0. The van der Waals surface area contributed by atoms with E-state index >= 15 is 0 Å². The Labute approximate surface area is 207 Å². The zero-order valence-electron chi connectivity index (χ0n) is 19.3. The number of amidine groups is 1. The number of benzene rings is 1. The number of halogens is 6. The smallest absolute Gasteiger partial charge is 0.364 e. The fourth-order valence-corrected chi connectivity index (χ4v) is 4.64. The number of nitrogens with one attached hydrogen (secondary N) is 1. The van der Waals surface area contributed by atoms with Crippen molar-refractivity contribution in [1.29, 1.82) is 0 Å². The molecule has 2 fully saturated rings. The second-order valence-electron chi connectivity index (χ2n) is 8.61. The molecule has 2 amide bonds. The van der Waals surface area contributed by atoms with E-state index in [2.05, 4.69) is 10.3 Å². The molecule has 2 aliphatic heterocycles. The lowest BCUT2D eigenvalue weighted by atomic mass is 9.95. The molecule has 0 unspecified atom stereocenters. The maximum Gasteiger partial charge on any atom is 0.416 e. The number of carbonyl (C=O) groups excluding carboxylic acids is 2. The third kappa shape index (κ3) is 7.01. The Morgan fingerprint density at radius 2 is 1.86 bits per heavy atom. The maximum atomic E-state index is 13.4. The maximum absolute atomic E-state index is 13.4. The number of piperidine rings is 1. The van der Waals surface area contributed by atoms with E-state index in [0.717, 1.165) is 22.7 Å². The Kier molecular flexibility index (Phi) is 8.41. The summed E-state index contributed by atoms with van der Waals surface area (Å²) in [6, 6.07) is 1.67. The molecule has 14 heteroatoms. The van der Waals surface area contributed by atoms with Crippen LogP contribution in [0.15, 0.2) is 34.2 Å². The van der Waals surface area contributed by atoms with E-state index in [1.807, 2.05) is 0 Å². The average molecular weight is 539 g/mol. The van der Waals surface area contributed by atoms with Crippen molar-refractivity contribution in [3.63, 3.8) is 0 Å². The van der Waals surface area contributed by atoms with Gasteiger partial charge in [0.2, 0.25) is 6.23 Å². The van der Waals surface area contributed by atoms with Crippen molar-refractivity contribution in [1.82, 2.24) is 15.1 Å². The normalized spacial score (nSPS) is 21.2. The van der Waals surface area contributed by atoms with Crippen LogP contribution < -0.4 is 5.32 Å². The van der Waals surface area contributed by atoms with Crippen molar-refractivity contribution in [2.24, 2.45) is 10.9 Å². The fraction of sp³-hybridized carbons (Fsp3) is 0.500. The molecule has 2 heterocycles. The van der Waals surface area contributed by atoms with Crippen LogP contribution in [0.5, 0.6) is 0 Å². The van der Waals surface area contributed by atoms with E-state index in [-0.39, 0.29) is 29.9 Å². The van der Waals surface area contributed by atoms with Crippen molar-refractivity contribution < 1.29 is 41.0 Å². The van der Waals surface area contributed by atoms with Gasteiger partial charge in [-0.3, -0.25) is 14.5 Å². The molecule has 1 atom stereocenters. The van der Waals surface area contributed by atoms with Crippen LogP contribution in [-0.4, -0.2) is 65.3 Å². The predicted octanol–water partition coefficient (Wildman–Crippen LogP) is 4.08. The van der Waals surface area contributed by atoms with Crippen LogP contribution >= 0.6 is 11.8 Å². The van der Waals surface area contributed by atoms with E-state index in [0.29, 0.717) is 36.9 Å². The molecule has 0 radical (unpaired) electrons. The number of nitrogens with zero attached hydrogens (tertiary/aromatic N) is 3. The topological polar surface area (TPSA) is 85.2 Å². The summed E-state index contributed by atoms with van der Waals surface area (Å²) in [6.07, 6.45) is -8.68. The lowest BCUT2D eigenvalue weighted by molar-refractivity contribution is -0.143. The summed E-state index contributed by atoms with van der Waals surface area (Å²) >= 11 is 0.855. The van der Waals surface area contributed by atoms with Crippen LogP contribution in [0.2, 0.25) is 0 Å². The number of likely N-dealkylation sites (N-methyl/N-ethyl adjacent to an activating group) is 1. The highest BCUT2D eigenvalue weighted by molar-refractivity contribution is 8.18. The van der Waals surface area contributed by atoms with Crippen LogP contribution in [0.1, 0.15) is 29.5 Å². The van der Waals surface area contributed by atoms with Gasteiger partial charge in [-0.05, 0) is 61.3 Å². The lowest BCUT2D eigenvalue weighted by Crippen LogP contribution is -2.34. The molecule has 2 aliphatic rings. The van der Waals surface area contributed by atoms with Gasteiger partial charge in [0.05, 0.1) is 16.0 Å². The summed E-state index contributed by atoms with van der Waals surface area (Å²) in [7, 11) is 2.89. The Balaban J connectivity index is 1.68. The summed E-state index contributed by atoms with van der Waals surface area (Å²) in [5.41, 5.74) is -2.89. The van der Waals surface area contributed by atoms with Gasteiger partial charge >= 0.3 is 12.4 Å². The molecule has 1 aromatic carbocycles. The quantitative estimate of drug-likeness (QED) is 0.552. The molecule has 198 valence electrons. The van der Waals surface area contributed by atoms with E-state index in [4.69, 9.17) is 0 Å². The molecule has 0 bridgehead atoms. The number of amides is 2. The SMILES string of the molecule is CN(C)C(=O)[C@H](O)/N=C1\NC(=O)S\C1=C/C1CCN(Cc2ccc(C(F)(F)F)cc2C(F)(F)F)CC1. The molecule has 2 N–H and O–H groups in total. The highest BCUT2D eigenvalue weighted by atomic mass is 32.2. The van der Waals surface area contributed by atoms with Crippen molar-refractivity contribution >= 4 is 28.7 Å². The second-order valence-corrected chi connectivity index (χ2v) is 9.63. The first-order valence-corrected chi connectivity index (χ1v) is 11.6. The number of allylic oxidation sites excluding steroid dienone is 1. The Morgan fingerprint density at radius 1 is 1.22 bits per heavy atom. The number of likely N-dealkylation sites (tertiary alicyclic amines) is 1. The van der Waals surface area contributed by atoms with Crippen LogP contribution in [-0.2, 0) is 23.7 Å². The molecule has 1 aromatic rings. The monoisotopic (exact) mass is 538 g/mol. The first-order chi connectivity index (χ1) is 16.6. The Morgan fingerprint density at radius 3 is 2.42 bits per heavy atom. The van der Waals surface area contributed by atoms with E-state index in [1.54, 1.807) is 11.0 Å². The minimum absolute atomic E-state index is 0.0574. The number of rotatable bonds is 5. The number of alkyl halides is 6. The van der Waals surface area contributed by atoms with Gasteiger partial charge in [0, 0.05) is 20.6 Å². The predicted molar refractivity (Wildman–Crippen MR) is 121 cm³/mol. The van der Waals surface area contributed by atoms with Crippen LogP contribution in [0.4, 0.5) is 31.1 Å². The minimum Gasteiger partial charge on any atom is -0.364 e. The largest absolute Gasteiger partial charge is 0.416 e. The molecule has 0 saturated carbocycles. The van der Waals surface area contributed by atoms with Gasteiger partial charge < -0.3 is 15.3 Å². The van der Waals surface area contributed by atoms with Crippen LogP contribution in [0, 0.1) is 5.92 Å². The zero-order chi connectivity index (χ0) is 26.8. The van der Waals surface area contributed by atoms with Crippen LogP contribution in [0.25, 0.3) is 0 Å². The van der Waals surface area contributed by atoms with Gasteiger partial charge in [-0.2, -0.15) is 26.3 Å². The van der Waals surface area contributed by atoms with E-state index in [9.17, 15) is 41.0 Å². The van der Waals surface area contributed by atoms with Gasteiger partial charge in [0.25, 0.3) is 11.1 Å². The molecule has 0 aromatic heterocycles. The molecular weight excluding hydrogens is 514 g/mol. The molecule has 0 spiro atoms. The van der Waals surface area contributed by atoms with E-state index in [1.165, 1.54) is 14.1 Å². The number of hydrogen-bond acceptors (Lipinski definition) is 6. The van der Waals surface area contributed by atoms with Crippen molar-refractivity contribution in [2.45, 2.75) is 38.0 Å². The molecule has 7 nitrogen and oxygen atoms in total. The van der Waals surface area contributed by atoms with Gasteiger partial charge in [-0.15, -0.1) is 0 Å². The standard InChI is InChI=1S/C22H24F6N4O3S/c1-31(2)19(34)18(33)29-17-16(36-20(35)30-17)9-12-5-7-32(8-6-12)11-13-3-4-14(21(23,24)25)10-15(13)22(26,27)28/h3-4,9-10,12,18,33H,5-8,11H2,1-2H3,(H,29,30,35)/b16-9-/t18-/m0/s1. The zero-order valence-corrected chi connectivity index (χ0v) is 20.1. The highest BCUT2D eigenvalue weighted by Crippen LogP contribution is 2.38. The number of hydrogen-bond donors (Lipinski definition) is 2. The third-order valence-corrected chi connectivity index (χ3v) is 6.56.